The zero-order chi connectivity index (χ0) is 11.3. The fourth-order valence-corrected chi connectivity index (χ4v) is 1.17. The van der Waals surface area contributed by atoms with Crippen molar-refractivity contribution in [3.05, 3.63) is 0 Å². The van der Waals surface area contributed by atoms with Gasteiger partial charge in [-0.2, -0.15) is 0 Å². The van der Waals surface area contributed by atoms with E-state index in [2.05, 4.69) is 10.6 Å². The SMILES string of the molecule is CN[C@H](C(=O)NC(C)C(C)=O)C(C)C. The Balaban J connectivity index is 4.24. The summed E-state index contributed by atoms with van der Waals surface area (Å²) in [6.45, 7) is 7.07. The maximum atomic E-state index is 11.6. The molecule has 2 atom stereocenters. The quantitative estimate of drug-likeness (QED) is 0.672. The molecule has 0 radical (unpaired) electrons. The van der Waals surface area contributed by atoms with Gasteiger partial charge in [0.05, 0.1) is 12.1 Å². The van der Waals surface area contributed by atoms with Gasteiger partial charge in [-0.15, -0.1) is 0 Å². The third kappa shape index (κ3) is 3.87. The molecular formula is C10H20N2O2. The molecule has 0 aromatic heterocycles. The van der Waals surface area contributed by atoms with Crippen molar-refractivity contribution in [1.29, 1.82) is 0 Å². The van der Waals surface area contributed by atoms with Crippen LogP contribution in [0.15, 0.2) is 0 Å². The highest BCUT2D eigenvalue weighted by atomic mass is 16.2. The number of hydrogen-bond donors (Lipinski definition) is 2. The summed E-state index contributed by atoms with van der Waals surface area (Å²) in [5.74, 6) is 0.0568. The maximum Gasteiger partial charge on any atom is 0.237 e. The van der Waals surface area contributed by atoms with E-state index in [-0.39, 0.29) is 23.7 Å². The van der Waals surface area contributed by atoms with E-state index in [1.165, 1.54) is 6.92 Å². The van der Waals surface area contributed by atoms with Crippen molar-refractivity contribution in [2.24, 2.45) is 5.92 Å². The first-order valence-electron chi connectivity index (χ1n) is 4.88. The van der Waals surface area contributed by atoms with Crippen LogP contribution in [0.3, 0.4) is 0 Å². The fourth-order valence-electron chi connectivity index (χ4n) is 1.17. The van der Waals surface area contributed by atoms with Crippen molar-refractivity contribution in [3.63, 3.8) is 0 Å². The number of nitrogens with one attached hydrogen (secondary N) is 2. The van der Waals surface area contributed by atoms with Gasteiger partial charge < -0.3 is 10.6 Å². The fraction of sp³-hybridized carbons (Fsp3) is 0.800. The van der Waals surface area contributed by atoms with Crippen LogP contribution < -0.4 is 10.6 Å². The molecule has 0 rings (SSSR count). The van der Waals surface area contributed by atoms with Crippen molar-refractivity contribution >= 4 is 11.7 Å². The zero-order valence-corrected chi connectivity index (χ0v) is 9.55. The minimum atomic E-state index is -0.405. The number of likely N-dealkylation sites (N-methyl/N-ethyl adjacent to an activating group) is 1. The van der Waals surface area contributed by atoms with Gasteiger partial charge in [0.15, 0.2) is 5.78 Å². The molecule has 1 amide bonds. The molecular weight excluding hydrogens is 180 g/mol. The van der Waals surface area contributed by atoms with E-state index < -0.39 is 6.04 Å². The van der Waals surface area contributed by atoms with Crippen molar-refractivity contribution < 1.29 is 9.59 Å². The van der Waals surface area contributed by atoms with Gasteiger partial charge in [-0.25, -0.2) is 0 Å². The summed E-state index contributed by atoms with van der Waals surface area (Å²) in [5, 5.41) is 5.58. The van der Waals surface area contributed by atoms with Crippen LogP contribution in [0.5, 0.6) is 0 Å². The molecule has 2 N–H and O–H groups in total. The van der Waals surface area contributed by atoms with Gasteiger partial charge in [-0.3, -0.25) is 9.59 Å². The Kier molecular flexibility index (Phi) is 5.38. The van der Waals surface area contributed by atoms with E-state index in [1.807, 2.05) is 13.8 Å². The number of Topliss-reactive ketones (excluding diaryl/α,β-unsaturated/α-hetero) is 1. The van der Waals surface area contributed by atoms with Gasteiger partial charge in [0.1, 0.15) is 0 Å². The molecule has 0 aromatic rings. The van der Waals surface area contributed by atoms with Crippen LogP contribution in [-0.4, -0.2) is 30.8 Å². The van der Waals surface area contributed by atoms with Crippen molar-refractivity contribution in [1.82, 2.24) is 10.6 Å². The smallest absolute Gasteiger partial charge is 0.237 e. The molecule has 0 bridgehead atoms. The molecule has 0 saturated heterocycles. The molecule has 82 valence electrons. The molecule has 0 aliphatic rings. The summed E-state index contributed by atoms with van der Waals surface area (Å²) in [6, 6.07) is -0.645. The van der Waals surface area contributed by atoms with Gasteiger partial charge in [-0.1, -0.05) is 13.8 Å². The summed E-state index contributed by atoms with van der Waals surface area (Å²) < 4.78 is 0. The van der Waals surface area contributed by atoms with E-state index in [1.54, 1.807) is 14.0 Å². The van der Waals surface area contributed by atoms with Crippen LogP contribution in [0, 0.1) is 5.92 Å². The Morgan fingerprint density at radius 3 is 1.93 bits per heavy atom. The van der Waals surface area contributed by atoms with Crippen LogP contribution >= 0.6 is 0 Å². The highest BCUT2D eigenvalue weighted by molar-refractivity contribution is 5.89. The number of rotatable bonds is 5. The molecule has 0 spiro atoms. The highest BCUT2D eigenvalue weighted by Crippen LogP contribution is 2.01. The lowest BCUT2D eigenvalue weighted by Crippen LogP contribution is -2.50. The second-order valence-electron chi connectivity index (χ2n) is 3.85. The monoisotopic (exact) mass is 200 g/mol. The van der Waals surface area contributed by atoms with Crippen LogP contribution in [-0.2, 0) is 9.59 Å². The lowest BCUT2D eigenvalue weighted by atomic mass is 10.0. The molecule has 4 heteroatoms. The lowest BCUT2D eigenvalue weighted by Gasteiger charge is -2.21. The van der Waals surface area contributed by atoms with Gasteiger partial charge in [0.2, 0.25) is 5.91 Å². The van der Waals surface area contributed by atoms with Crippen molar-refractivity contribution in [3.8, 4) is 0 Å². The molecule has 0 aliphatic carbocycles. The molecule has 4 nitrogen and oxygen atoms in total. The second-order valence-corrected chi connectivity index (χ2v) is 3.85. The summed E-state index contributed by atoms with van der Waals surface area (Å²) in [4.78, 5) is 22.5. The number of carbonyl (C=O) groups is 2. The Labute approximate surface area is 85.4 Å². The standard InChI is InChI=1S/C10H20N2O2/c1-6(2)9(11-5)10(14)12-7(3)8(4)13/h6-7,9,11H,1-5H3,(H,12,14)/t7?,9-/m0/s1. The molecule has 0 heterocycles. The molecule has 0 aliphatic heterocycles. The van der Waals surface area contributed by atoms with Crippen molar-refractivity contribution in [2.75, 3.05) is 7.05 Å². The number of ketones is 1. The van der Waals surface area contributed by atoms with Crippen molar-refractivity contribution in [2.45, 2.75) is 39.8 Å². The molecule has 0 aromatic carbocycles. The summed E-state index contributed by atoms with van der Waals surface area (Å²) in [7, 11) is 1.74. The van der Waals surface area contributed by atoms with Crippen LogP contribution in [0.2, 0.25) is 0 Å². The zero-order valence-electron chi connectivity index (χ0n) is 9.55. The molecule has 14 heavy (non-hydrogen) atoms. The van der Waals surface area contributed by atoms with E-state index in [0.717, 1.165) is 0 Å². The van der Waals surface area contributed by atoms with E-state index in [0.29, 0.717) is 0 Å². The lowest BCUT2D eigenvalue weighted by molar-refractivity contribution is -0.128. The largest absolute Gasteiger partial charge is 0.345 e. The third-order valence-electron chi connectivity index (χ3n) is 2.23. The molecule has 0 fully saturated rings. The predicted octanol–water partition coefficient (Wildman–Crippen LogP) is 0.324. The Hall–Kier alpha value is -0.900. The number of carbonyl (C=O) groups excluding carboxylic acids is 2. The topological polar surface area (TPSA) is 58.2 Å². The maximum absolute atomic E-state index is 11.6. The first kappa shape index (κ1) is 13.1. The van der Waals surface area contributed by atoms with Crippen LogP contribution in [0.25, 0.3) is 0 Å². The van der Waals surface area contributed by atoms with E-state index in [4.69, 9.17) is 0 Å². The Morgan fingerprint density at radius 1 is 1.14 bits per heavy atom. The number of amides is 1. The van der Waals surface area contributed by atoms with Gasteiger partial charge in [0.25, 0.3) is 0 Å². The number of hydrogen-bond acceptors (Lipinski definition) is 3. The predicted molar refractivity (Wildman–Crippen MR) is 56.0 cm³/mol. The first-order chi connectivity index (χ1) is 6.40. The van der Waals surface area contributed by atoms with Crippen LogP contribution in [0.4, 0.5) is 0 Å². The van der Waals surface area contributed by atoms with Gasteiger partial charge >= 0.3 is 0 Å². The average molecular weight is 200 g/mol. The highest BCUT2D eigenvalue weighted by Gasteiger charge is 2.22. The minimum absolute atomic E-state index is 0.0306. The minimum Gasteiger partial charge on any atom is -0.345 e. The van der Waals surface area contributed by atoms with Gasteiger partial charge in [0, 0.05) is 0 Å². The first-order valence-corrected chi connectivity index (χ1v) is 4.88. The van der Waals surface area contributed by atoms with Gasteiger partial charge in [-0.05, 0) is 26.8 Å². The average Bonchev–Trinajstić information content (AvgIpc) is 2.04. The summed E-state index contributed by atoms with van der Waals surface area (Å²) in [6.07, 6.45) is 0. The Bertz CT molecular complexity index is 214. The molecule has 0 saturated carbocycles. The normalized spacial score (nSPS) is 15.0. The summed E-state index contributed by atoms with van der Waals surface area (Å²) in [5.41, 5.74) is 0. The van der Waals surface area contributed by atoms with E-state index >= 15 is 0 Å². The summed E-state index contributed by atoms with van der Waals surface area (Å²) >= 11 is 0. The second kappa shape index (κ2) is 5.75. The Morgan fingerprint density at radius 2 is 1.64 bits per heavy atom. The molecule has 1 unspecified atom stereocenters. The van der Waals surface area contributed by atoms with E-state index in [9.17, 15) is 9.59 Å². The third-order valence-corrected chi connectivity index (χ3v) is 2.23. The van der Waals surface area contributed by atoms with Crippen LogP contribution in [0.1, 0.15) is 27.7 Å².